The quantitative estimate of drug-likeness (QED) is 0.168. The lowest BCUT2D eigenvalue weighted by Gasteiger charge is -2.57. The minimum atomic E-state index is -1.09. The van der Waals surface area contributed by atoms with Gasteiger partial charge in [0.2, 0.25) is 0 Å². The molecule has 6 nitrogen and oxygen atoms in total. The van der Waals surface area contributed by atoms with Gasteiger partial charge in [0.05, 0.1) is 0 Å². The highest BCUT2D eigenvalue weighted by Gasteiger charge is 2.52. The average Bonchev–Trinajstić information content (AvgIpc) is 3.63. The highest BCUT2D eigenvalue weighted by molar-refractivity contribution is 6.32. The molecule has 0 saturated heterocycles. The summed E-state index contributed by atoms with van der Waals surface area (Å²) in [6, 6.07) is 34.3. The number of nitriles is 3. The molecule has 1 heterocycles. The first kappa shape index (κ1) is 45.7. The number of halogens is 1. The fraction of sp³-hybridized carbons (Fsp3) is 0.468. The largest absolute Gasteiger partial charge is 0.474 e. The van der Waals surface area contributed by atoms with E-state index in [1.807, 2.05) is 61.5 Å². The van der Waals surface area contributed by atoms with Gasteiger partial charge in [0.1, 0.15) is 23.8 Å². The van der Waals surface area contributed by atoms with Crippen LogP contribution in [0, 0.1) is 80.3 Å². The predicted octanol–water partition coefficient (Wildman–Crippen LogP) is 14.6. The van der Waals surface area contributed by atoms with Crippen molar-refractivity contribution >= 4 is 28.5 Å². The van der Waals surface area contributed by atoms with Crippen molar-refractivity contribution in [2.75, 3.05) is 37.0 Å². The van der Waals surface area contributed by atoms with E-state index in [1.165, 1.54) is 99.6 Å². The molecule has 352 valence electrons. The molecule has 0 N–H and O–H groups in total. The zero-order valence-electron chi connectivity index (χ0n) is 40.8. The second kappa shape index (κ2) is 18.2. The van der Waals surface area contributed by atoms with Crippen LogP contribution in [-0.4, -0.2) is 27.2 Å². The maximum Gasteiger partial charge on any atom is 0.172 e. The zero-order valence-corrected chi connectivity index (χ0v) is 41.6. The molecular formula is C62H66ClN5O. The van der Waals surface area contributed by atoms with E-state index in [0.29, 0.717) is 21.4 Å². The highest BCUT2D eigenvalue weighted by Crippen LogP contribution is 2.61. The molecule has 0 aromatic heterocycles. The molecule has 3 aromatic rings. The van der Waals surface area contributed by atoms with Crippen LogP contribution in [0.2, 0.25) is 0 Å². The Morgan fingerprint density at radius 2 is 1.14 bits per heavy atom. The van der Waals surface area contributed by atoms with Gasteiger partial charge in [-0.25, -0.2) is 0 Å². The monoisotopic (exact) mass is 931 g/mol. The van der Waals surface area contributed by atoms with Gasteiger partial charge < -0.3 is 14.5 Å². The number of rotatable bonds is 12. The molecule has 1 atom stereocenters. The van der Waals surface area contributed by atoms with Crippen molar-refractivity contribution in [3.05, 3.63) is 159 Å². The summed E-state index contributed by atoms with van der Waals surface area (Å²) in [5.41, 5.74) is 9.36. The molecule has 13 rings (SSSR count). The van der Waals surface area contributed by atoms with Crippen LogP contribution in [0.25, 0.3) is 5.57 Å². The molecule has 8 saturated carbocycles. The van der Waals surface area contributed by atoms with Gasteiger partial charge in [0.25, 0.3) is 0 Å². The molecule has 9 aliphatic carbocycles. The first-order valence-electron chi connectivity index (χ1n) is 26.0. The molecule has 1 unspecified atom stereocenters. The smallest absolute Gasteiger partial charge is 0.172 e. The van der Waals surface area contributed by atoms with Crippen LogP contribution >= 0.6 is 11.6 Å². The first-order valence-corrected chi connectivity index (χ1v) is 26.4. The van der Waals surface area contributed by atoms with Gasteiger partial charge >= 0.3 is 0 Å². The van der Waals surface area contributed by atoms with Gasteiger partial charge in [-0.15, -0.1) is 0 Å². The summed E-state index contributed by atoms with van der Waals surface area (Å²) in [7, 11) is 4.61. The summed E-state index contributed by atoms with van der Waals surface area (Å²) in [5.74, 6) is 5.69. The van der Waals surface area contributed by atoms with E-state index >= 15 is 0 Å². The molecule has 3 aromatic carbocycles. The van der Waals surface area contributed by atoms with Gasteiger partial charge in [0.15, 0.2) is 16.9 Å². The van der Waals surface area contributed by atoms with Gasteiger partial charge in [-0.1, -0.05) is 90.5 Å². The molecule has 0 spiro atoms. The van der Waals surface area contributed by atoms with E-state index in [2.05, 4.69) is 90.6 Å². The molecule has 0 radical (unpaired) electrons. The Hall–Kier alpha value is -5.74. The maximum absolute atomic E-state index is 10.4. The molecule has 1 aliphatic heterocycles. The van der Waals surface area contributed by atoms with Gasteiger partial charge in [-0.05, 0) is 207 Å². The van der Waals surface area contributed by atoms with Crippen LogP contribution in [0.3, 0.4) is 0 Å². The van der Waals surface area contributed by atoms with Crippen LogP contribution in [0.15, 0.2) is 142 Å². The van der Waals surface area contributed by atoms with Gasteiger partial charge in [0, 0.05) is 49.2 Å². The Labute approximate surface area is 416 Å². The van der Waals surface area contributed by atoms with Crippen molar-refractivity contribution < 1.29 is 4.74 Å². The Kier molecular flexibility index (Phi) is 12.1. The van der Waals surface area contributed by atoms with E-state index in [9.17, 15) is 15.8 Å². The third-order valence-electron chi connectivity index (χ3n) is 18.3. The highest BCUT2D eigenvalue weighted by atomic mass is 35.5. The normalized spacial score (nSPS) is 32.2. The third kappa shape index (κ3) is 8.69. The summed E-state index contributed by atoms with van der Waals surface area (Å²) in [5, 5.41) is 30.8. The van der Waals surface area contributed by atoms with Gasteiger partial charge in [-0.2, -0.15) is 15.8 Å². The van der Waals surface area contributed by atoms with E-state index in [-0.39, 0.29) is 16.9 Å². The van der Waals surface area contributed by atoms with Crippen LogP contribution in [0.5, 0.6) is 0 Å². The Morgan fingerprint density at radius 3 is 1.59 bits per heavy atom. The average molecular weight is 933 g/mol. The van der Waals surface area contributed by atoms with Crippen LogP contribution in [-0.2, 0) is 10.3 Å². The zero-order chi connectivity index (χ0) is 47.5. The topological polar surface area (TPSA) is 87.1 Å². The third-order valence-corrected chi connectivity index (χ3v) is 18.8. The van der Waals surface area contributed by atoms with Crippen molar-refractivity contribution in [1.29, 1.82) is 15.8 Å². The number of nitrogens with zero attached hydrogens (tertiary/aromatic N) is 5. The maximum atomic E-state index is 10.4. The Balaban J connectivity index is 0.899. The summed E-state index contributed by atoms with van der Waals surface area (Å²) in [4.78, 5) is 5.08. The summed E-state index contributed by atoms with van der Waals surface area (Å²) in [6.07, 6.45) is 28.2. The number of benzene rings is 3. The van der Waals surface area contributed by atoms with E-state index in [1.54, 1.807) is 0 Å². The predicted molar refractivity (Wildman–Crippen MR) is 277 cm³/mol. The summed E-state index contributed by atoms with van der Waals surface area (Å²) >= 11 is 7.37. The number of ether oxygens (including phenoxy) is 1. The van der Waals surface area contributed by atoms with E-state index in [0.717, 1.165) is 90.1 Å². The van der Waals surface area contributed by atoms with Crippen molar-refractivity contribution in [3.63, 3.8) is 0 Å². The van der Waals surface area contributed by atoms with Crippen LogP contribution in [0.4, 0.5) is 11.4 Å². The lowest BCUT2D eigenvalue weighted by molar-refractivity contribution is -0.0473. The van der Waals surface area contributed by atoms with Crippen molar-refractivity contribution in [1.82, 2.24) is 0 Å². The van der Waals surface area contributed by atoms with Crippen LogP contribution < -0.4 is 9.80 Å². The molecule has 8 fully saturated rings. The molecule has 7 heteroatoms. The Bertz CT molecular complexity index is 2640. The minimum absolute atomic E-state index is 0.0139. The second-order valence-electron chi connectivity index (χ2n) is 23.3. The molecule has 0 amide bonds. The van der Waals surface area contributed by atoms with E-state index in [4.69, 9.17) is 16.3 Å². The second-order valence-corrected chi connectivity index (χ2v) is 23.6. The molecule has 69 heavy (non-hydrogen) atoms. The standard InChI is InChI=1S/C62H66ClN5O/c1-60(52-10-5-4-6-11-52)57(56(38-66)59(69-60)51(36-64)37-65)23-17-50-9-7-8-49(58(50)63)16-22-55(47-12-18-53(19-13-47)67(2)39-61-30-41-24-42(31-61)26-43(25-41)32-61)48-14-20-54(21-15-48)68(3)40-62-33-44-27-45(34-62)29-46(28-44)35-62/h4-6,10-23,41-46H,7-9,24-35,39-40H2,1-3H3/b23-17+,49-16+,55-22?. The van der Waals surface area contributed by atoms with E-state index < -0.39 is 5.60 Å². The minimum Gasteiger partial charge on any atom is -0.474 e. The number of hydrogen-bond donors (Lipinski definition) is 0. The number of anilines is 2. The summed E-state index contributed by atoms with van der Waals surface area (Å²) < 4.78 is 6.40. The van der Waals surface area contributed by atoms with Crippen molar-refractivity contribution in [2.45, 2.75) is 109 Å². The van der Waals surface area contributed by atoms with Crippen molar-refractivity contribution in [3.8, 4) is 18.2 Å². The SMILES string of the molecule is CN(CC12CC3CC(CC(C3)C1)C2)c1ccc(C(=C/C=C2\CCCC(/C=C/C3=C(C#N)C(=C(C#N)C#N)OC3(C)c3ccccc3)=C2Cl)c2ccc(N(C)CC34CC5CC(CC(C5)C3)C4)cc2)cc1. The van der Waals surface area contributed by atoms with Crippen molar-refractivity contribution in [2.24, 2.45) is 46.3 Å². The first-order chi connectivity index (χ1) is 33.4. The number of hydrogen-bond acceptors (Lipinski definition) is 6. The fourth-order valence-electron chi connectivity index (χ4n) is 16.2. The fourth-order valence-corrected chi connectivity index (χ4v) is 16.5. The van der Waals surface area contributed by atoms with Crippen LogP contribution in [0.1, 0.15) is 120 Å². The van der Waals surface area contributed by atoms with Gasteiger partial charge in [-0.3, -0.25) is 0 Å². The molecular weight excluding hydrogens is 866 g/mol. The summed E-state index contributed by atoms with van der Waals surface area (Å²) in [6.45, 7) is 4.18. The number of allylic oxidation sites excluding steroid dienone is 8. The lowest BCUT2D eigenvalue weighted by atomic mass is 9.49. The molecule has 8 bridgehead atoms. The lowest BCUT2D eigenvalue weighted by Crippen LogP contribution is -2.50. The molecule has 10 aliphatic rings. The Morgan fingerprint density at radius 1 is 0.667 bits per heavy atom.